The van der Waals surface area contributed by atoms with Gasteiger partial charge in [-0.3, -0.25) is 10.4 Å². The van der Waals surface area contributed by atoms with E-state index in [2.05, 4.69) is 36.8 Å². The van der Waals surface area contributed by atoms with Crippen LogP contribution in [0.5, 0.6) is 0 Å². The molecule has 108 valence electrons. The van der Waals surface area contributed by atoms with Crippen LogP contribution in [0.1, 0.15) is 19.0 Å². The maximum Gasteiger partial charge on any atom is 0.191 e. The molecule has 0 aliphatic carbocycles. The summed E-state index contributed by atoms with van der Waals surface area (Å²) < 4.78 is 0.943. The summed E-state index contributed by atoms with van der Waals surface area (Å²) >= 11 is 8.70. The number of hydrogen-bond acceptors (Lipinski definition) is 3. The van der Waals surface area contributed by atoms with E-state index >= 15 is 0 Å². The molecule has 0 saturated carbocycles. The van der Waals surface area contributed by atoms with Gasteiger partial charge in [-0.25, -0.2) is 0 Å². The van der Waals surface area contributed by atoms with Gasteiger partial charge in [0.1, 0.15) is 0 Å². The summed E-state index contributed by atoms with van der Waals surface area (Å²) in [6.45, 7) is 2.03. The third-order valence-electron chi connectivity index (χ3n) is 2.71. The highest BCUT2D eigenvalue weighted by atomic mass is 79.9. The fourth-order valence-electron chi connectivity index (χ4n) is 1.68. The lowest BCUT2D eigenvalue weighted by Crippen LogP contribution is -2.25. The zero-order valence-electron chi connectivity index (χ0n) is 11.5. The molecule has 0 radical (unpaired) electrons. The number of hydrazone groups is 1. The summed E-state index contributed by atoms with van der Waals surface area (Å²) in [6.07, 6.45) is 2.51. The minimum atomic E-state index is 0.434. The van der Waals surface area contributed by atoms with Crippen molar-refractivity contribution in [3.63, 3.8) is 0 Å². The van der Waals surface area contributed by atoms with Crippen LogP contribution in [-0.4, -0.2) is 15.8 Å². The lowest BCUT2D eigenvalue weighted by atomic mass is 10.2. The van der Waals surface area contributed by atoms with Gasteiger partial charge in [0, 0.05) is 10.7 Å². The number of pyridine rings is 1. The quantitative estimate of drug-likeness (QED) is 0.491. The van der Waals surface area contributed by atoms with Gasteiger partial charge in [-0.05, 0) is 58.8 Å². The third-order valence-corrected chi connectivity index (χ3v) is 3.59. The second-order valence-corrected chi connectivity index (χ2v) is 5.44. The molecule has 2 aromatic rings. The highest BCUT2D eigenvalue weighted by Gasteiger charge is 2.04. The third kappa shape index (κ3) is 4.61. The van der Waals surface area contributed by atoms with Crippen LogP contribution in [0.25, 0.3) is 0 Å². The number of aromatic nitrogens is 1. The van der Waals surface area contributed by atoms with Crippen molar-refractivity contribution in [1.82, 2.24) is 10.4 Å². The molecule has 6 heteroatoms. The van der Waals surface area contributed by atoms with Crippen molar-refractivity contribution >= 4 is 44.7 Å². The first-order valence-corrected chi connectivity index (χ1v) is 7.70. The van der Waals surface area contributed by atoms with Crippen LogP contribution < -0.4 is 10.7 Å². The molecule has 1 aromatic carbocycles. The average molecular weight is 363 g/mol. The molecule has 0 spiro atoms. The van der Waals surface area contributed by atoms with Gasteiger partial charge in [0.15, 0.2) is 5.11 Å². The number of anilines is 1. The molecule has 1 aromatic heterocycles. The predicted octanol–water partition coefficient (Wildman–Crippen LogP) is 3.94. The Morgan fingerprint density at radius 3 is 2.67 bits per heavy atom. The van der Waals surface area contributed by atoms with E-state index in [0.717, 1.165) is 28.0 Å². The van der Waals surface area contributed by atoms with Gasteiger partial charge in [-0.2, -0.15) is 5.10 Å². The molecular weight excluding hydrogens is 348 g/mol. The van der Waals surface area contributed by atoms with Gasteiger partial charge in [0.25, 0.3) is 0 Å². The van der Waals surface area contributed by atoms with E-state index in [-0.39, 0.29) is 0 Å². The average Bonchev–Trinajstić information content (AvgIpc) is 2.51. The first-order chi connectivity index (χ1) is 10.2. The van der Waals surface area contributed by atoms with Crippen LogP contribution in [0.2, 0.25) is 0 Å². The van der Waals surface area contributed by atoms with Crippen LogP contribution in [0.3, 0.4) is 0 Å². The van der Waals surface area contributed by atoms with Gasteiger partial charge >= 0.3 is 0 Å². The van der Waals surface area contributed by atoms with E-state index in [1.165, 1.54) is 0 Å². The largest absolute Gasteiger partial charge is 0.330 e. The van der Waals surface area contributed by atoms with Gasteiger partial charge in [0.2, 0.25) is 0 Å². The number of thiocarbonyl (C=S) groups is 1. The Bertz CT molecular complexity index is 643. The summed E-state index contributed by atoms with van der Waals surface area (Å²) in [5.74, 6) is 0. The normalized spacial score (nSPS) is 11.0. The van der Waals surface area contributed by atoms with E-state index in [4.69, 9.17) is 12.2 Å². The minimum absolute atomic E-state index is 0.434. The van der Waals surface area contributed by atoms with Gasteiger partial charge in [-0.15, -0.1) is 0 Å². The van der Waals surface area contributed by atoms with Crippen LogP contribution in [0, 0.1) is 0 Å². The summed E-state index contributed by atoms with van der Waals surface area (Å²) in [5, 5.41) is 7.84. The smallest absolute Gasteiger partial charge is 0.191 e. The Kier molecular flexibility index (Phi) is 5.83. The highest BCUT2D eigenvalue weighted by Crippen LogP contribution is 2.20. The fourth-order valence-corrected chi connectivity index (χ4v) is 2.22. The van der Waals surface area contributed by atoms with Crippen molar-refractivity contribution in [2.45, 2.75) is 13.3 Å². The minimum Gasteiger partial charge on any atom is -0.330 e. The second kappa shape index (κ2) is 7.85. The summed E-state index contributed by atoms with van der Waals surface area (Å²) in [5.41, 5.74) is 5.44. The zero-order valence-corrected chi connectivity index (χ0v) is 13.9. The molecule has 0 fully saturated rings. The molecule has 0 aliphatic rings. The maximum atomic E-state index is 5.24. The van der Waals surface area contributed by atoms with Crippen molar-refractivity contribution in [2.75, 3.05) is 5.32 Å². The van der Waals surface area contributed by atoms with Crippen LogP contribution in [0.4, 0.5) is 5.69 Å². The number of nitrogens with zero attached hydrogens (tertiary/aromatic N) is 2. The van der Waals surface area contributed by atoms with E-state index in [9.17, 15) is 0 Å². The first-order valence-electron chi connectivity index (χ1n) is 6.50. The standard InChI is InChI=1S/C15H15BrN4S/c1-2-12(14-9-5-6-10-17-14)19-20-15(21)18-13-8-4-3-7-11(13)16/h3-10H,2H2,1H3,(H2,18,20,21)/b19-12+. The topological polar surface area (TPSA) is 49.3 Å². The highest BCUT2D eigenvalue weighted by molar-refractivity contribution is 9.10. The van der Waals surface area contributed by atoms with Crippen LogP contribution in [-0.2, 0) is 0 Å². The Balaban J connectivity index is 2.02. The molecule has 1 heterocycles. The molecule has 0 aliphatic heterocycles. The van der Waals surface area contributed by atoms with Gasteiger partial charge in [-0.1, -0.05) is 25.1 Å². The van der Waals surface area contributed by atoms with E-state index in [1.807, 2.05) is 49.4 Å². The molecule has 2 N–H and O–H groups in total. The van der Waals surface area contributed by atoms with Crippen molar-refractivity contribution in [2.24, 2.45) is 5.10 Å². The van der Waals surface area contributed by atoms with Gasteiger partial charge in [0.05, 0.1) is 17.1 Å². The molecule has 0 saturated heterocycles. The molecule has 0 bridgehead atoms. The number of hydrogen-bond donors (Lipinski definition) is 2. The molecule has 4 nitrogen and oxygen atoms in total. The second-order valence-electron chi connectivity index (χ2n) is 4.17. The number of para-hydroxylation sites is 1. The maximum absolute atomic E-state index is 5.24. The summed E-state index contributed by atoms with van der Waals surface area (Å²) in [6, 6.07) is 13.5. The van der Waals surface area contributed by atoms with E-state index in [0.29, 0.717) is 5.11 Å². The number of nitrogens with one attached hydrogen (secondary N) is 2. The fraction of sp³-hybridized carbons (Fsp3) is 0.133. The van der Waals surface area contributed by atoms with Crippen LogP contribution >= 0.6 is 28.1 Å². The van der Waals surface area contributed by atoms with Gasteiger partial charge < -0.3 is 5.32 Å². The Morgan fingerprint density at radius 1 is 1.24 bits per heavy atom. The molecule has 0 unspecified atom stereocenters. The Labute approximate surface area is 137 Å². The van der Waals surface area contributed by atoms with Crippen molar-refractivity contribution in [3.05, 3.63) is 58.8 Å². The summed E-state index contributed by atoms with van der Waals surface area (Å²) in [4.78, 5) is 4.28. The predicted molar refractivity (Wildman–Crippen MR) is 94.6 cm³/mol. The lowest BCUT2D eigenvalue weighted by molar-refractivity contribution is 1.01. The molecule has 2 rings (SSSR count). The number of benzene rings is 1. The molecule has 0 atom stereocenters. The summed E-state index contributed by atoms with van der Waals surface area (Å²) in [7, 11) is 0. The lowest BCUT2D eigenvalue weighted by Gasteiger charge is -2.10. The van der Waals surface area contributed by atoms with Crippen molar-refractivity contribution < 1.29 is 0 Å². The molecule has 21 heavy (non-hydrogen) atoms. The van der Waals surface area contributed by atoms with E-state index in [1.54, 1.807) is 6.20 Å². The van der Waals surface area contributed by atoms with Crippen molar-refractivity contribution in [3.8, 4) is 0 Å². The first kappa shape index (κ1) is 15.6. The monoisotopic (exact) mass is 362 g/mol. The number of rotatable bonds is 4. The Morgan fingerprint density at radius 2 is 2.00 bits per heavy atom. The molecule has 0 amide bonds. The number of halogens is 1. The SMILES string of the molecule is CC/C(=N\NC(=S)Nc1ccccc1Br)c1ccccn1. The van der Waals surface area contributed by atoms with Crippen LogP contribution in [0.15, 0.2) is 58.2 Å². The van der Waals surface area contributed by atoms with E-state index < -0.39 is 0 Å². The molecular formula is C15H15BrN4S. The van der Waals surface area contributed by atoms with Crippen molar-refractivity contribution in [1.29, 1.82) is 0 Å². The Hall–Kier alpha value is -1.79. The zero-order chi connectivity index (χ0) is 15.1.